The van der Waals surface area contributed by atoms with Crippen LogP contribution >= 0.6 is 16.3 Å². The zero-order chi connectivity index (χ0) is 4.41. The highest BCUT2D eigenvalue weighted by Crippen LogP contribution is 2.26. The summed E-state index contributed by atoms with van der Waals surface area (Å²) in [5, 5.41) is 6.75. The van der Waals surface area contributed by atoms with Crippen LogP contribution in [0.2, 0.25) is 0 Å². The van der Waals surface area contributed by atoms with Crippen molar-refractivity contribution in [3.8, 4) is 0 Å². The molecular weight excluding hydrogens is 116 g/mol. The van der Waals surface area contributed by atoms with Crippen LogP contribution in [0, 0.1) is 5.93 Å². The maximum absolute atomic E-state index is 3.66. The fraction of sp³-hybridized carbons (Fsp3) is 0. The van der Waals surface area contributed by atoms with E-state index in [-0.39, 0.29) is 0 Å². The third-order valence-electron chi connectivity index (χ3n) is 0.353. The summed E-state index contributed by atoms with van der Waals surface area (Å²) in [4.78, 5) is 3.66. The third kappa shape index (κ3) is 0.735. The van der Waals surface area contributed by atoms with Gasteiger partial charge in [0, 0.05) is 8.93 Å². The van der Waals surface area contributed by atoms with Crippen LogP contribution in [0.3, 0.4) is 0 Å². The van der Waals surface area contributed by atoms with Crippen LogP contribution in [0.4, 0.5) is 0 Å². The van der Waals surface area contributed by atoms with E-state index >= 15 is 0 Å². The van der Waals surface area contributed by atoms with E-state index in [2.05, 4.69) is 21.1 Å². The van der Waals surface area contributed by atoms with Gasteiger partial charge in [0.05, 0.1) is 0 Å². The van der Waals surface area contributed by atoms with Crippen LogP contribution < -0.4 is 0 Å². The quantitative estimate of drug-likeness (QED) is 0.357. The number of hydrogen-bond acceptors (Lipinski definition) is 3. The van der Waals surface area contributed by atoms with Gasteiger partial charge in [-0.3, -0.25) is 5.93 Å². The Morgan fingerprint density at radius 3 is 2.67 bits per heavy atom. The monoisotopic (exact) mass is 119 g/mol. The molecule has 0 saturated heterocycles. The lowest BCUT2D eigenvalue weighted by Gasteiger charge is -1.71. The highest BCUT2D eigenvalue weighted by atomic mass is 32.0. The van der Waals surface area contributed by atoms with Crippen molar-refractivity contribution in [2.75, 3.05) is 0 Å². The van der Waals surface area contributed by atoms with Gasteiger partial charge >= 0.3 is 0 Å². The molecule has 0 amide bonds. The predicted molar refractivity (Wildman–Crippen MR) is 27.9 cm³/mol. The van der Waals surface area contributed by atoms with Crippen molar-refractivity contribution in [2.24, 2.45) is 0 Å². The van der Waals surface area contributed by atoms with E-state index in [1.807, 2.05) is 0 Å². The molecule has 0 saturated carbocycles. The number of hydrogen-bond donors (Lipinski definition) is 0. The first-order valence-electron chi connectivity index (χ1n) is 1.36. The first-order valence-corrected chi connectivity index (χ1v) is 4.74. The summed E-state index contributed by atoms with van der Waals surface area (Å²) in [7, 11) is 1.37. The van der Waals surface area contributed by atoms with Gasteiger partial charge in [-0.05, 0) is 7.38 Å². The Labute approximate surface area is 38.4 Å². The minimum Gasteiger partial charge on any atom is -0.342 e. The largest absolute Gasteiger partial charge is 0.342 e. The van der Waals surface area contributed by atoms with E-state index in [4.69, 9.17) is 0 Å². The Bertz CT molecular complexity index is 112. The Morgan fingerprint density at radius 2 is 2.50 bits per heavy atom. The van der Waals surface area contributed by atoms with Crippen molar-refractivity contribution in [3.63, 3.8) is 0 Å². The molecule has 1 aromatic heterocycles. The van der Waals surface area contributed by atoms with Crippen LogP contribution in [0.25, 0.3) is 0 Å². The Hall–Kier alpha value is -0.0000000000000000555. The first-order chi connectivity index (χ1) is 2.89. The maximum Gasteiger partial charge on any atom is 0.00282 e. The fourth-order valence-electron chi connectivity index (χ4n) is 0.160. The van der Waals surface area contributed by atoms with Gasteiger partial charge < -0.3 is 5.10 Å². The molecule has 1 rings (SSSR count). The normalized spacial score (nSPS) is 12.3. The summed E-state index contributed by atoms with van der Waals surface area (Å²) >= 11 is 0. The average Bonchev–Trinajstić information content (AvgIpc) is 1.86. The number of rotatable bonds is 0. The fourth-order valence-corrected chi connectivity index (χ4v) is 0.839. The van der Waals surface area contributed by atoms with Crippen molar-refractivity contribution < 1.29 is 0 Å². The summed E-state index contributed by atoms with van der Waals surface area (Å²) in [6, 6.07) is 0. The zero-order valence-electron chi connectivity index (χ0n) is 3.00. The molecule has 0 radical (unpaired) electrons. The van der Waals surface area contributed by atoms with E-state index < -0.39 is 7.38 Å². The Kier molecular flexibility index (Phi) is 1.13. The topological polar surface area (TPSA) is 38.7 Å². The highest BCUT2D eigenvalue weighted by Gasteiger charge is 1.67. The first kappa shape index (κ1) is 4.17. The van der Waals surface area contributed by atoms with Gasteiger partial charge in [0.1, 0.15) is 0 Å². The zero-order valence-corrected chi connectivity index (χ0v) is 5.30. The molecule has 1 heterocycles. The smallest absolute Gasteiger partial charge is 0.00282 e. The van der Waals surface area contributed by atoms with E-state index in [1.54, 1.807) is 8.93 Å². The minimum atomic E-state index is -0.396. The standard InChI is InChI=1S/CH2N3P2/c5-6-1-2-3-4-6/h5H2/q-1/p+1. The van der Waals surface area contributed by atoms with Gasteiger partial charge in [-0.1, -0.05) is 5.21 Å². The Balaban J connectivity index is 3.05. The SMILES string of the molecule is [PH3+]p1[c-]nnn1. The van der Waals surface area contributed by atoms with Crippen molar-refractivity contribution >= 4 is 16.3 Å². The second-order valence-corrected chi connectivity index (χ2v) is 3.75. The predicted octanol–water partition coefficient (Wildman–Crippen LogP) is 0.0289. The molecule has 2 atom stereocenters. The van der Waals surface area contributed by atoms with Crippen LogP contribution in [-0.2, 0) is 0 Å². The van der Waals surface area contributed by atoms with Gasteiger partial charge in [-0.25, -0.2) is 0 Å². The van der Waals surface area contributed by atoms with Gasteiger partial charge in [0.2, 0.25) is 0 Å². The van der Waals surface area contributed by atoms with Crippen LogP contribution in [0.1, 0.15) is 0 Å². The van der Waals surface area contributed by atoms with Crippen molar-refractivity contribution in [1.82, 2.24) is 15.2 Å². The molecule has 0 bridgehead atoms. The second kappa shape index (κ2) is 1.63. The van der Waals surface area contributed by atoms with Gasteiger partial charge in [0.25, 0.3) is 0 Å². The molecule has 0 aliphatic rings. The van der Waals surface area contributed by atoms with Gasteiger partial charge in [-0.2, -0.15) is 0 Å². The van der Waals surface area contributed by atoms with E-state index in [1.165, 1.54) is 0 Å². The van der Waals surface area contributed by atoms with Gasteiger partial charge in [0.15, 0.2) is 0 Å². The maximum atomic E-state index is 3.66. The van der Waals surface area contributed by atoms with Crippen molar-refractivity contribution in [3.05, 3.63) is 5.93 Å². The number of aromatic nitrogens is 3. The Morgan fingerprint density at radius 1 is 1.67 bits per heavy atom. The lowest BCUT2D eigenvalue weighted by molar-refractivity contribution is 0.955. The minimum absolute atomic E-state index is 0.396. The molecule has 0 N–H and O–H groups in total. The number of nitrogens with zero attached hydrogens (tertiary/aromatic N) is 3. The summed E-state index contributed by atoms with van der Waals surface area (Å²) in [5.41, 5.74) is 0. The summed E-state index contributed by atoms with van der Waals surface area (Å²) in [6.07, 6.45) is 0. The van der Waals surface area contributed by atoms with E-state index in [0.29, 0.717) is 0 Å². The lowest BCUT2D eigenvalue weighted by Crippen LogP contribution is -1.61. The van der Waals surface area contributed by atoms with Crippen LogP contribution in [0.15, 0.2) is 0 Å². The molecule has 6 heavy (non-hydrogen) atoms. The molecule has 0 aliphatic heterocycles. The van der Waals surface area contributed by atoms with Crippen molar-refractivity contribution in [2.45, 2.75) is 0 Å². The summed E-state index contributed by atoms with van der Waals surface area (Å²) < 4.78 is 0. The van der Waals surface area contributed by atoms with E-state index in [9.17, 15) is 0 Å². The molecule has 32 valence electrons. The van der Waals surface area contributed by atoms with Crippen molar-refractivity contribution in [1.29, 1.82) is 0 Å². The molecule has 2 unspecified atom stereocenters. The molecule has 0 aliphatic carbocycles. The molecule has 3 nitrogen and oxygen atoms in total. The van der Waals surface area contributed by atoms with Gasteiger partial charge in [-0.15, -0.1) is 4.86 Å². The van der Waals surface area contributed by atoms with Crippen LogP contribution in [-0.4, -0.2) is 15.2 Å². The molecule has 1 aromatic rings. The molecule has 0 spiro atoms. The highest BCUT2D eigenvalue weighted by molar-refractivity contribution is 8.06. The molecule has 0 aromatic carbocycles. The lowest BCUT2D eigenvalue weighted by atomic mass is 11.7. The van der Waals surface area contributed by atoms with E-state index in [0.717, 1.165) is 0 Å². The summed E-state index contributed by atoms with van der Waals surface area (Å²) in [5.74, 6) is 2.69. The second-order valence-electron chi connectivity index (χ2n) is 0.778. The third-order valence-corrected chi connectivity index (χ3v) is 1.77. The molecule has 0 fully saturated rings. The molecular formula is CH3N3P2. The summed E-state index contributed by atoms with van der Waals surface area (Å²) in [6.45, 7) is 0. The van der Waals surface area contributed by atoms with Crippen LogP contribution in [0.5, 0.6) is 0 Å². The average molecular weight is 119 g/mol. The molecule has 5 heteroatoms.